The molecular weight excluding hydrogens is 274 g/mol. The number of hydrogen-bond donors (Lipinski definition) is 2. The molecule has 0 unspecified atom stereocenters. The molecule has 5 nitrogen and oxygen atoms in total. The van der Waals surface area contributed by atoms with Gasteiger partial charge in [-0.25, -0.2) is 0 Å². The Hall–Kier alpha value is -1.59. The largest absolute Gasteiger partial charge is 0.370 e. The first-order valence-electron chi connectivity index (χ1n) is 8.30. The van der Waals surface area contributed by atoms with E-state index in [1.54, 1.807) is 0 Å². The molecule has 0 bridgehead atoms. The van der Waals surface area contributed by atoms with Crippen molar-refractivity contribution in [3.05, 3.63) is 35.9 Å². The van der Waals surface area contributed by atoms with Crippen LogP contribution < -0.4 is 11.1 Å². The summed E-state index contributed by atoms with van der Waals surface area (Å²) in [5.41, 5.74) is 7.20. The lowest BCUT2D eigenvalue weighted by atomic mass is 10.2. The summed E-state index contributed by atoms with van der Waals surface area (Å²) in [7, 11) is 0. The maximum atomic E-state index is 5.80. The zero-order valence-corrected chi connectivity index (χ0v) is 13.7. The number of nitrogens with one attached hydrogen (secondary N) is 1. The zero-order valence-electron chi connectivity index (χ0n) is 13.7. The monoisotopic (exact) mass is 303 g/mol. The van der Waals surface area contributed by atoms with Crippen LogP contribution in [0.2, 0.25) is 0 Å². The molecule has 1 aliphatic heterocycles. The van der Waals surface area contributed by atoms with E-state index < -0.39 is 0 Å². The molecule has 1 saturated heterocycles. The number of hydrogen-bond acceptors (Lipinski definition) is 3. The van der Waals surface area contributed by atoms with E-state index in [-0.39, 0.29) is 0 Å². The van der Waals surface area contributed by atoms with Crippen LogP contribution in [0, 0.1) is 0 Å². The van der Waals surface area contributed by atoms with Crippen LogP contribution in [-0.2, 0) is 6.54 Å². The topological polar surface area (TPSA) is 56.9 Å². The number of guanidine groups is 1. The van der Waals surface area contributed by atoms with Crippen molar-refractivity contribution in [3.63, 3.8) is 0 Å². The van der Waals surface area contributed by atoms with E-state index in [0.717, 1.165) is 58.8 Å². The molecule has 5 heteroatoms. The highest BCUT2D eigenvalue weighted by Gasteiger charge is 2.16. The van der Waals surface area contributed by atoms with Crippen molar-refractivity contribution in [1.82, 2.24) is 15.1 Å². The number of aliphatic imine (C=N–C) groups is 1. The third kappa shape index (κ3) is 6.03. The molecule has 122 valence electrons. The number of piperazine rings is 1. The highest BCUT2D eigenvalue weighted by molar-refractivity contribution is 5.77. The third-order valence-corrected chi connectivity index (χ3v) is 3.95. The van der Waals surface area contributed by atoms with Crippen LogP contribution in [0.4, 0.5) is 0 Å². The van der Waals surface area contributed by atoms with Gasteiger partial charge in [0, 0.05) is 52.4 Å². The predicted octanol–water partition coefficient (Wildman–Crippen LogP) is 1.12. The van der Waals surface area contributed by atoms with Gasteiger partial charge in [-0.3, -0.25) is 14.8 Å². The Bertz CT molecular complexity index is 438. The summed E-state index contributed by atoms with van der Waals surface area (Å²) in [6.45, 7) is 10.4. The average Bonchev–Trinajstić information content (AvgIpc) is 2.55. The van der Waals surface area contributed by atoms with Crippen molar-refractivity contribution in [3.8, 4) is 0 Å². The van der Waals surface area contributed by atoms with Gasteiger partial charge in [0.15, 0.2) is 5.96 Å². The van der Waals surface area contributed by atoms with Gasteiger partial charge >= 0.3 is 0 Å². The summed E-state index contributed by atoms with van der Waals surface area (Å²) in [5, 5.41) is 3.19. The molecule has 1 aromatic carbocycles. The van der Waals surface area contributed by atoms with Gasteiger partial charge in [-0.05, 0) is 12.0 Å². The molecule has 1 heterocycles. The molecule has 1 fully saturated rings. The van der Waals surface area contributed by atoms with Crippen LogP contribution in [0.25, 0.3) is 0 Å². The summed E-state index contributed by atoms with van der Waals surface area (Å²) in [4.78, 5) is 9.25. The zero-order chi connectivity index (χ0) is 15.6. The molecule has 2 rings (SSSR count). The second kappa shape index (κ2) is 9.43. The lowest BCUT2D eigenvalue weighted by molar-refractivity contribution is 0.129. The number of nitrogens with two attached hydrogens (primary N) is 1. The Morgan fingerprint density at radius 3 is 2.50 bits per heavy atom. The molecule has 0 aromatic heterocycles. The van der Waals surface area contributed by atoms with E-state index in [1.165, 1.54) is 5.56 Å². The molecule has 0 amide bonds. The lowest BCUT2D eigenvalue weighted by Crippen LogP contribution is -2.48. The van der Waals surface area contributed by atoms with Crippen molar-refractivity contribution >= 4 is 5.96 Å². The maximum Gasteiger partial charge on any atom is 0.188 e. The summed E-state index contributed by atoms with van der Waals surface area (Å²) < 4.78 is 0. The van der Waals surface area contributed by atoms with Gasteiger partial charge in [0.25, 0.3) is 0 Å². The van der Waals surface area contributed by atoms with E-state index in [1.807, 2.05) is 0 Å². The third-order valence-electron chi connectivity index (χ3n) is 3.95. The highest BCUT2D eigenvalue weighted by atomic mass is 15.3. The fourth-order valence-corrected chi connectivity index (χ4v) is 2.64. The van der Waals surface area contributed by atoms with Crippen LogP contribution in [0.3, 0.4) is 0 Å². The predicted molar refractivity (Wildman–Crippen MR) is 92.9 cm³/mol. The summed E-state index contributed by atoms with van der Waals surface area (Å²) in [6.07, 6.45) is 1.03. The van der Waals surface area contributed by atoms with E-state index in [0.29, 0.717) is 5.96 Å². The Morgan fingerprint density at radius 1 is 1.14 bits per heavy atom. The second-order valence-electron chi connectivity index (χ2n) is 5.80. The molecular formula is C17H29N5. The van der Waals surface area contributed by atoms with Gasteiger partial charge in [0.05, 0.1) is 0 Å². The van der Waals surface area contributed by atoms with Crippen LogP contribution in [0.15, 0.2) is 35.3 Å². The van der Waals surface area contributed by atoms with Crippen LogP contribution in [-0.4, -0.2) is 61.6 Å². The number of nitrogens with zero attached hydrogens (tertiary/aromatic N) is 3. The molecule has 1 aromatic rings. The molecule has 0 aliphatic carbocycles. The van der Waals surface area contributed by atoms with Crippen molar-refractivity contribution in [2.75, 3.05) is 45.8 Å². The highest BCUT2D eigenvalue weighted by Crippen LogP contribution is 2.07. The smallest absolute Gasteiger partial charge is 0.188 e. The second-order valence-corrected chi connectivity index (χ2v) is 5.80. The summed E-state index contributed by atoms with van der Waals surface area (Å²) in [6, 6.07) is 10.7. The van der Waals surface area contributed by atoms with Gasteiger partial charge in [0.1, 0.15) is 0 Å². The number of rotatable bonds is 7. The molecule has 0 atom stereocenters. The summed E-state index contributed by atoms with van der Waals surface area (Å²) in [5.74, 6) is 0.574. The Balaban J connectivity index is 1.61. The molecule has 0 radical (unpaired) electrons. The molecule has 22 heavy (non-hydrogen) atoms. The van der Waals surface area contributed by atoms with Crippen molar-refractivity contribution in [2.45, 2.75) is 19.9 Å². The minimum absolute atomic E-state index is 0.574. The van der Waals surface area contributed by atoms with Crippen molar-refractivity contribution in [2.24, 2.45) is 10.7 Å². The standard InChI is InChI=1S/C17H29N5/c1-2-8-19-17(18)20-9-10-21-11-13-22(14-12-21)15-16-6-4-3-5-7-16/h3-7H,2,8-15H2,1H3,(H3,18,19,20). The average molecular weight is 303 g/mol. The van der Waals surface area contributed by atoms with Crippen molar-refractivity contribution in [1.29, 1.82) is 0 Å². The SMILES string of the molecule is CCCN=C(N)NCCN1CCN(Cc2ccccc2)CC1. The van der Waals surface area contributed by atoms with Gasteiger partial charge in [0.2, 0.25) is 0 Å². The van der Waals surface area contributed by atoms with E-state index >= 15 is 0 Å². The lowest BCUT2D eigenvalue weighted by Gasteiger charge is -2.34. The van der Waals surface area contributed by atoms with Crippen molar-refractivity contribution < 1.29 is 0 Å². The first-order chi connectivity index (χ1) is 10.8. The van der Waals surface area contributed by atoms with E-state index in [4.69, 9.17) is 5.73 Å². The van der Waals surface area contributed by atoms with Gasteiger partial charge in [-0.1, -0.05) is 37.3 Å². The van der Waals surface area contributed by atoms with Crippen LogP contribution in [0.1, 0.15) is 18.9 Å². The fraction of sp³-hybridized carbons (Fsp3) is 0.588. The fourth-order valence-electron chi connectivity index (χ4n) is 2.64. The molecule has 1 aliphatic rings. The van der Waals surface area contributed by atoms with E-state index in [9.17, 15) is 0 Å². The summed E-state index contributed by atoms with van der Waals surface area (Å²) >= 11 is 0. The Morgan fingerprint density at radius 2 is 1.82 bits per heavy atom. The van der Waals surface area contributed by atoms with Gasteiger partial charge in [-0.15, -0.1) is 0 Å². The van der Waals surface area contributed by atoms with Gasteiger partial charge < -0.3 is 11.1 Å². The molecule has 0 spiro atoms. The molecule has 3 N–H and O–H groups in total. The molecule has 0 saturated carbocycles. The van der Waals surface area contributed by atoms with Crippen LogP contribution >= 0.6 is 0 Å². The van der Waals surface area contributed by atoms with Gasteiger partial charge in [-0.2, -0.15) is 0 Å². The quantitative estimate of drug-likeness (QED) is 0.585. The van der Waals surface area contributed by atoms with Crippen LogP contribution in [0.5, 0.6) is 0 Å². The minimum atomic E-state index is 0.574. The maximum absolute atomic E-state index is 5.80. The Kier molecular flexibility index (Phi) is 7.19. The first-order valence-corrected chi connectivity index (χ1v) is 8.30. The minimum Gasteiger partial charge on any atom is -0.370 e. The van der Waals surface area contributed by atoms with E-state index in [2.05, 4.69) is 57.4 Å². The number of benzene rings is 1. The normalized spacial score (nSPS) is 17.6. The first kappa shape index (κ1) is 16.8. The Labute approximate surface area is 134 Å².